The third-order valence-corrected chi connectivity index (χ3v) is 3.08. The Morgan fingerprint density at radius 2 is 1.31 bits per heavy atom. The van der Waals surface area contributed by atoms with Crippen LogP contribution in [0.3, 0.4) is 0 Å². The van der Waals surface area contributed by atoms with Crippen LogP contribution < -0.4 is 34.3 Å². The van der Waals surface area contributed by atoms with Crippen LogP contribution in [-0.2, 0) is 19.6 Å². The van der Waals surface area contributed by atoms with Crippen LogP contribution in [0.4, 0.5) is 30.7 Å². The fourth-order valence-electron chi connectivity index (χ4n) is 1.18. The zero-order valence-corrected chi connectivity index (χ0v) is 15.7. The number of carbonyl (C=O) groups excluding carboxylic acids is 1. The van der Waals surface area contributed by atoms with Gasteiger partial charge in [0.1, 0.15) is 13.2 Å². The van der Waals surface area contributed by atoms with Gasteiger partial charge >= 0.3 is 40.8 Å². The summed E-state index contributed by atoms with van der Waals surface area (Å²) in [5, 5.41) is -5.43. The van der Waals surface area contributed by atoms with E-state index in [1.54, 1.807) is 0 Å². The zero-order valence-electron chi connectivity index (χ0n) is 12.9. The number of halogens is 7. The first-order valence-electron chi connectivity index (χ1n) is 5.47. The largest absolute Gasteiger partial charge is 1.00 e. The molecule has 0 aliphatic carbocycles. The predicted molar refractivity (Wildman–Crippen MR) is 63.7 cm³/mol. The van der Waals surface area contributed by atoms with Gasteiger partial charge in [0.2, 0.25) is 29.1 Å². The van der Waals surface area contributed by atoms with Gasteiger partial charge in [-0.05, 0) is 0 Å². The molecule has 1 aromatic rings. The van der Waals surface area contributed by atoms with Crippen molar-refractivity contribution in [3.8, 4) is 5.75 Å². The van der Waals surface area contributed by atoms with Crippen LogP contribution in [0, 0.1) is 36.5 Å². The van der Waals surface area contributed by atoms with Crippen molar-refractivity contribution in [3.63, 3.8) is 0 Å². The molecule has 1 rings (SSSR count). The van der Waals surface area contributed by atoms with Crippen molar-refractivity contribution in [1.82, 2.24) is 0 Å². The first kappa shape index (κ1) is 27.1. The van der Waals surface area contributed by atoms with Gasteiger partial charge in [-0.15, -0.1) is 0 Å². The Morgan fingerprint density at radius 1 is 0.923 bits per heavy atom. The maximum absolute atomic E-state index is 13.1. The van der Waals surface area contributed by atoms with Crippen molar-refractivity contribution >= 4 is 16.1 Å². The number of hydrogen-bond acceptors (Lipinski definition) is 6. The number of hydrogen-bond donors (Lipinski definition) is 0. The van der Waals surface area contributed by atoms with Gasteiger partial charge in [0.05, 0.1) is 0 Å². The summed E-state index contributed by atoms with van der Waals surface area (Å²) < 4.78 is 128. The molecular weight excluding hydrogens is 416 g/mol. The monoisotopic (exact) mass is 423 g/mol. The molecule has 15 heteroatoms. The topological polar surface area (TPSA) is 92.7 Å². The van der Waals surface area contributed by atoms with Gasteiger partial charge < -0.3 is 21.5 Å². The second-order valence-corrected chi connectivity index (χ2v) is 5.28. The third kappa shape index (κ3) is 5.45. The van der Waals surface area contributed by atoms with Crippen LogP contribution in [0.15, 0.2) is 0 Å². The molecule has 0 radical (unpaired) electrons. The molecule has 0 amide bonds. The van der Waals surface area contributed by atoms with Gasteiger partial charge in [-0.1, -0.05) is 0 Å². The number of carbonyl (C=O) groups is 1. The molecule has 0 aliphatic rings. The second kappa shape index (κ2) is 9.73. The molecule has 0 saturated carbocycles. The fourth-order valence-corrected chi connectivity index (χ4v) is 1.44. The van der Waals surface area contributed by atoms with Crippen molar-refractivity contribution in [2.75, 3.05) is 13.2 Å². The predicted octanol–water partition coefficient (Wildman–Crippen LogP) is -1.10. The van der Waals surface area contributed by atoms with Gasteiger partial charge in [0, 0.05) is 0 Å². The summed E-state index contributed by atoms with van der Waals surface area (Å²) in [6, 6.07) is 0. The summed E-state index contributed by atoms with van der Waals surface area (Å²) >= 11 is 0. The normalized spacial score (nSPS) is 11.2. The van der Waals surface area contributed by atoms with Crippen LogP contribution in [0.2, 0.25) is 0 Å². The van der Waals surface area contributed by atoms with Crippen LogP contribution in [-0.4, -0.2) is 37.4 Å². The van der Waals surface area contributed by atoms with Crippen LogP contribution in [0.25, 0.3) is 0 Å². The van der Waals surface area contributed by atoms with Crippen molar-refractivity contribution < 1.29 is 87.5 Å². The molecular formula is C11H7F7NaO6S-. The van der Waals surface area contributed by atoms with Gasteiger partial charge in [0.25, 0.3) is 0 Å². The number of alkyl halides is 2. The Morgan fingerprint density at radius 3 is 1.69 bits per heavy atom. The maximum atomic E-state index is 13.1. The van der Waals surface area contributed by atoms with Gasteiger partial charge in [-0.2, -0.15) is 17.6 Å². The molecule has 0 heterocycles. The third-order valence-electron chi connectivity index (χ3n) is 2.28. The molecule has 0 saturated heterocycles. The molecule has 0 N–H and O–H groups in total. The Hall–Kier alpha value is -1.09. The van der Waals surface area contributed by atoms with Gasteiger partial charge in [-0.3, -0.25) is 0 Å². The molecule has 0 spiro atoms. The molecule has 0 bridgehead atoms. The molecule has 0 fully saturated rings. The fraction of sp³-hybridized carbons (Fsp3) is 0.273. The van der Waals surface area contributed by atoms with E-state index in [2.05, 4.69) is 9.47 Å². The maximum Gasteiger partial charge on any atom is 1.00 e. The summed E-state index contributed by atoms with van der Waals surface area (Å²) in [6.07, 6.45) is 0. The van der Waals surface area contributed by atoms with Crippen LogP contribution in [0.5, 0.6) is 5.75 Å². The van der Waals surface area contributed by atoms with Crippen molar-refractivity contribution in [2.24, 2.45) is 0 Å². The minimum absolute atomic E-state index is 0. The average Bonchev–Trinajstić information content (AvgIpc) is 2.48. The number of rotatable bonds is 6. The van der Waals surface area contributed by atoms with E-state index >= 15 is 0 Å². The minimum Gasteiger partial charge on any atom is -0.743 e. The molecule has 26 heavy (non-hydrogen) atoms. The quantitative estimate of drug-likeness (QED) is 0.0843. The van der Waals surface area contributed by atoms with E-state index in [0.29, 0.717) is 0 Å². The van der Waals surface area contributed by atoms with Crippen molar-refractivity contribution in [2.45, 2.75) is 5.25 Å². The SMILES string of the molecule is O=C(OCCOc1c(F)c(F)c(F)c(F)c1F)C(F)(F)S(=O)(=O)[O-].[CH3-].[Na+]. The summed E-state index contributed by atoms with van der Waals surface area (Å²) in [4.78, 5) is 10.7. The molecule has 0 aliphatic heterocycles. The van der Waals surface area contributed by atoms with E-state index in [1.807, 2.05) is 0 Å². The summed E-state index contributed by atoms with van der Waals surface area (Å²) in [5.41, 5.74) is 0. The van der Waals surface area contributed by atoms with E-state index in [9.17, 15) is 48.5 Å². The first-order chi connectivity index (χ1) is 10.8. The number of ether oxygens (including phenoxy) is 2. The minimum atomic E-state index is -6.38. The number of benzene rings is 1. The van der Waals surface area contributed by atoms with E-state index in [1.165, 1.54) is 0 Å². The molecule has 0 aromatic heterocycles. The number of esters is 1. The Labute approximate surface area is 164 Å². The smallest absolute Gasteiger partial charge is 0.743 e. The van der Waals surface area contributed by atoms with Crippen molar-refractivity contribution in [1.29, 1.82) is 0 Å². The van der Waals surface area contributed by atoms with E-state index in [0.717, 1.165) is 0 Å². The molecule has 0 atom stereocenters. The standard InChI is InChI=1S/C10H5F7O6S.CH3.Na/c11-3-4(12)6(14)8(7(15)5(3)13)22-1-2-23-9(18)10(16,17)24(19,20)21;;/h1-2H2,(H,19,20,21);1H3;/q;-1;+1/p-1. The van der Waals surface area contributed by atoms with E-state index in [4.69, 9.17) is 0 Å². The summed E-state index contributed by atoms with van der Waals surface area (Å²) in [5.74, 6) is -16.5. The Kier molecular flexibility index (Phi) is 10.2. The zero-order chi connectivity index (χ0) is 18.9. The van der Waals surface area contributed by atoms with Crippen LogP contribution >= 0.6 is 0 Å². The van der Waals surface area contributed by atoms with Gasteiger partial charge in [-0.25, -0.2) is 26.4 Å². The summed E-state index contributed by atoms with van der Waals surface area (Å²) in [7, 11) is -6.38. The first-order valence-corrected chi connectivity index (χ1v) is 6.87. The molecule has 0 unspecified atom stereocenters. The van der Waals surface area contributed by atoms with E-state index < -0.39 is 69.4 Å². The summed E-state index contributed by atoms with van der Waals surface area (Å²) in [6.45, 7) is -2.48. The van der Waals surface area contributed by atoms with Crippen LogP contribution in [0.1, 0.15) is 0 Å². The van der Waals surface area contributed by atoms with Gasteiger partial charge in [0.15, 0.2) is 15.9 Å². The molecule has 144 valence electrons. The second-order valence-electron chi connectivity index (χ2n) is 3.85. The Balaban J connectivity index is 0. The molecule has 1 aromatic carbocycles. The Bertz CT molecular complexity index is 742. The average molecular weight is 423 g/mol. The van der Waals surface area contributed by atoms with Crippen molar-refractivity contribution in [3.05, 3.63) is 36.5 Å². The van der Waals surface area contributed by atoms with E-state index in [-0.39, 0.29) is 37.0 Å². The molecule has 6 nitrogen and oxygen atoms in total.